The van der Waals surface area contributed by atoms with E-state index in [-0.39, 0.29) is 5.75 Å². The van der Waals surface area contributed by atoms with Crippen molar-refractivity contribution in [1.29, 1.82) is 0 Å². The number of hydrogen-bond acceptors (Lipinski definition) is 4. The van der Waals surface area contributed by atoms with Crippen molar-refractivity contribution in [3.63, 3.8) is 0 Å². The quantitative estimate of drug-likeness (QED) is 0.461. The Labute approximate surface area is 142 Å². The van der Waals surface area contributed by atoms with Gasteiger partial charge in [0, 0.05) is 12.6 Å². The van der Waals surface area contributed by atoms with E-state index >= 15 is 0 Å². The van der Waals surface area contributed by atoms with Crippen LogP contribution in [0.3, 0.4) is 0 Å². The van der Waals surface area contributed by atoms with Crippen LogP contribution in [0.4, 0.5) is 0 Å². The Hall–Kier alpha value is -0.620. The number of rotatable bonds is 15. The normalized spacial score (nSPS) is 13.4. The average Bonchev–Trinajstić information content (AvgIpc) is 2.46. The molecule has 0 saturated carbocycles. The Kier molecular flexibility index (Phi) is 12.4. The highest BCUT2D eigenvalue weighted by Gasteiger charge is 2.17. The van der Waals surface area contributed by atoms with E-state index in [9.17, 15) is 13.2 Å². The lowest BCUT2D eigenvalue weighted by Gasteiger charge is -2.24. The fraction of sp³-hybridized carbons (Fsp3) is 0.941. The molecule has 0 radical (unpaired) electrons. The standard InChI is InChI=1S/C17H36N2O3S/c1-4-5-6-7-8-9-10-11-12-16(2)19(3)13-14-23(21,22)15-17(18)20/h16H,4-15H2,1-3H3,(H2,18,20). The number of carbonyl (C=O) groups is 1. The Balaban J connectivity index is 3.74. The van der Waals surface area contributed by atoms with Gasteiger partial charge in [-0.05, 0) is 20.4 Å². The first-order valence-electron chi connectivity index (χ1n) is 8.97. The molecule has 1 unspecified atom stereocenters. The molecule has 0 spiro atoms. The van der Waals surface area contributed by atoms with Crippen LogP contribution < -0.4 is 5.73 Å². The molecule has 2 N–H and O–H groups in total. The summed E-state index contributed by atoms with van der Waals surface area (Å²) in [4.78, 5) is 12.8. The molecule has 138 valence electrons. The molecule has 0 aromatic rings. The minimum Gasteiger partial charge on any atom is -0.369 e. The Morgan fingerprint density at radius 2 is 1.57 bits per heavy atom. The topological polar surface area (TPSA) is 80.5 Å². The van der Waals surface area contributed by atoms with E-state index in [2.05, 4.69) is 18.7 Å². The highest BCUT2D eigenvalue weighted by molar-refractivity contribution is 7.92. The number of sulfone groups is 1. The van der Waals surface area contributed by atoms with Crippen LogP contribution in [0.15, 0.2) is 0 Å². The van der Waals surface area contributed by atoms with E-state index in [4.69, 9.17) is 5.73 Å². The summed E-state index contributed by atoms with van der Waals surface area (Å²) in [5.74, 6) is -1.33. The summed E-state index contributed by atoms with van der Waals surface area (Å²) in [6, 6.07) is 0.360. The van der Waals surface area contributed by atoms with Crippen LogP contribution in [0.1, 0.15) is 71.6 Å². The number of nitrogens with zero attached hydrogens (tertiary/aromatic N) is 1. The molecule has 1 amide bonds. The fourth-order valence-electron chi connectivity index (χ4n) is 2.59. The number of hydrogen-bond donors (Lipinski definition) is 1. The molecule has 1 atom stereocenters. The van der Waals surface area contributed by atoms with Crippen molar-refractivity contribution in [2.75, 3.05) is 25.1 Å². The van der Waals surface area contributed by atoms with Crippen LogP contribution in [0.25, 0.3) is 0 Å². The number of amides is 1. The number of carbonyl (C=O) groups excluding carboxylic acids is 1. The SMILES string of the molecule is CCCCCCCCCCC(C)N(C)CCS(=O)(=O)CC(N)=O. The van der Waals surface area contributed by atoms with Crippen LogP contribution in [0, 0.1) is 0 Å². The van der Waals surface area contributed by atoms with Crippen LogP contribution in [0.2, 0.25) is 0 Å². The maximum absolute atomic E-state index is 11.6. The maximum Gasteiger partial charge on any atom is 0.232 e. The van der Waals surface area contributed by atoms with E-state index in [0.29, 0.717) is 12.6 Å². The Bertz CT molecular complexity index is 410. The predicted octanol–water partition coefficient (Wildman–Crippen LogP) is 2.74. The fourth-order valence-corrected chi connectivity index (χ4v) is 3.73. The molecule has 0 bridgehead atoms. The largest absolute Gasteiger partial charge is 0.369 e. The van der Waals surface area contributed by atoms with E-state index < -0.39 is 21.5 Å². The van der Waals surface area contributed by atoms with Gasteiger partial charge in [-0.3, -0.25) is 4.79 Å². The zero-order chi connectivity index (χ0) is 17.7. The number of primary amides is 1. The highest BCUT2D eigenvalue weighted by Crippen LogP contribution is 2.12. The second-order valence-electron chi connectivity index (χ2n) is 6.65. The summed E-state index contributed by atoms with van der Waals surface area (Å²) in [5.41, 5.74) is 4.95. The summed E-state index contributed by atoms with van der Waals surface area (Å²) in [5, 5.41) is 0. The molecule has 6 heteroatoms. The van der Waals surface area contributed by atoms with Gasteiger partial charge in [0.1, 0.15) is 5.75 Å². The molecular formula is C17H36N2O3S. The minimum absolute atomic E-state index is 0.00575. The molecule has 0 fully saturated rings. The molecule has 5 nitrogen and oxygen atoms in total. The first-order valence-corrected chi connectivity index (χ1v) is 10.8. The Morgan fingerprint density at radius 1 is 1.04 bits per heavy atom. The van der Waals surface area contributed by atoms with Crippen LogP contribution in [0.5, 0.6) is 0 Å². The third kappa shape index (κ3) is 13.5. The molecule has 0 aromatic heterocycles. The van der Waals surface area contributed by atoms with Gasteiger partial charge in [0.25, 0.3) is 0 Å². The van der Waals surface area contributed by atoms with Gasteiger partial charge in [-0.2, -0.15) is 0 Å². The van der Waals surface area contributed by atoms with Crippen molar-refractivity contribution < 1.29 is 13.2 Å². The molecule has 23 heavy (non-hydrogen) atoms. The van der Waals surface area contributed by atoms with Gasteiger partial charge < -0.3 is 10.6 Å². The van der Waals surface area contributed by atoms with Crippen molar-refractivity contribution in [2.24, 2.45) is 5.73 Å². The third-order valence-corrected chi connectivity index (χ3v) is 5.87. The van der Waals surface area contributed by atoms with Gasteiger partial charge in [-0.15, -0.1) is 0 Å². The average molecular weight is 349 g/mol. The summed E-state index contributed by atoms with van der Waals surface area (Å²) in [6.45, 7) is 4.81. The monoisotopic (exact) mass is 348 g/mol. The first kappa shape index (κ1) is 22.4. The van der Waals surface area contributed by atoms with Gasteiger partial charge in [0.05, 0.1) is 5.75 Å². The lowest BCUT2D eigenvalue weighted by Crippen LogP contribution is -2.35. The number of unbranched alkanes of at least 4 members (excludes halogenated alkanes) is 7. The molecule has 0 rings (SSSR count). The molecule has 0 aliphatic heterocycles. The van der Waals surface area contributed by atoms with Gasteiger partial charge >= 0.3 is 0 Å². The molecule has 0 aromatic carbocycles. The van der Waals surface area contributed by atoms with Gasteiger partial charge in [-0.25, -0.2) is 8.42 Å². The summed E-state index contributed by atoms with van der Waals surface area (Å²) in [7, 11) is -1.43. The van der Waals surface area contributed by atoms with Crippen molar-refractivity contribution in [2.45, 2.75) is 77.7 Å². The molecule has 0 saturated heterocycles. The highest BCUT2D eigenvalue weighted by atomic mass is 32.2. The van der Waals surface area contributed by atoms with Crippen LogP contribution >= 0.6 is 0 Å². The Morgan fingerprint density at radius 3 is 2.09 bits per heavy atom. The van der Waals surface area contributed by atoms with Crippen molar-refractivity contribution in [1.82, 2.24) is 4.90 Å². The van der Waals surface area contributed by atoms with Gasteiger partial charge in [-0.1, -0.05) is 58.3 Å². The summed E-state index contributed by atoms with van der Waals surface area (Å²) >= 11 is 0. The van der Waals surface area contributed by atoms with Crippen molar-refractivity contribution >= 4 is 15.7 Å². The summed E-state index contributed by atoms with van der Waals surface area (Å²) in [6.07, 6.45) is 11.5. The smallest absolute Gasteiger partial charge is 0.232 e. The lowest BCUT2D eigenvalue weighted by atomic mass is 10.0. The van der Waals surface area contributed by atoms with Gasteiger partial charge in [0.2, 0.25) is 5.91 Å². The third-order valence-electron chi connectivity index (χ3n) is 4.35. The zero-order valence-corrected chi connectivity index (χ0v) is 16.0. The molecular weight excluding hydrogens is 312 g/mol. The molecule has 0 aliphatic carbocycles. The number of nitrogens with two attached hydrogens (primary N) is 1. The second-order valence-corrected chi connectivity index (χ2v) is 8.84. The molecule has 0 aliphatic rings. The summed E-state index contributed by atoms with van der Waals surface area (Å²) < 4.78 is 23.3. The lowest BCUT2D eigenvalue weighted by molar-refractivity contribution is -0.115. The minimum atomic E-state index is -3.37. The predicted molar refractivity (Wildman–Crippen MR) is 97.2 cm³/mol. The van der Waals surface area contributed by atoms with E-state index in [1.165, 1.54) is 51.4 Å². The van der Waals surface area contributed by atoms with E-state index in [1.54, 1.807) is 0 Å². The van der Waals surface area contributed by atoms with Crippen molar-refractivity contribution in [3.05, 3.63) is 0 Å². The van der Waals surface area contributed by atoms with E-state index in [0.717, 1.165) is 6.42 Å². The van der Waals surface area contributed by atoms with Crippen LogP contribution in [-0.2, 0) is 14.6 Å². The van der Waals surface area contributed by atoms with Crippen molar-refractivity contribution in [3.8, 4) is 0 Å². The first-order chi connectivity index (χ1) is 10.8. The van der Waals surface area contributed by atoms with E-state index in [1.807, 2.05) is 7.05 Å². The zero-order valence-electron chi connectivity index (χ0n) is 15.2. The van der Waals surface area contributed by atoms with Crippen LogP contribution in [-0.4, -0.2) is 50.4 Å². The second kappa shape index (κ2) is 12.8. The molecule has 0 heterocycles. The van der Waals surface area contributed by atoms with Gasteiger partial charge in [0.15, 0.2) is 9.84 Å². The maximum atomic E-state index is 11.6.